The normalized spacial score (nSPS) is 16.7. The lowest BCUT2D eigenvalue weighted by Gasteiger charge is -2.43. The minimum Gasteiger partial charge on any atom is -0.382 e. The Labute approximate surface area is 125 Å². The Morgan fingerprint density at radius 1 is 1.00 bits per heavy atom. The van der Waals surface area contributed by atoms with Crippen LogP contribution >= 0.6 is 0 Å². The fraction of sp³-hybridized carbons (Fsp3) is 0.625. The van der Waals surface area contributed by atoms with Gasteiger partial charge < -0.3 is 19.5 Å². The predicted molar refractivity (Wildman–Crippen MR) is 79.1 cm³/mol. The van der Waals surface area contributed by atoms with Crippen LogP contribution in [0.5, 0.6) is 0 Å². The van der Waals surface area contributed by atoms with Crippen molar-refractivity contribution in [3.63, 3.8) is 0 Å². The molecule has 1 saturated heterocycles. The molecular formula is C16H24FNO3. The molecule has 118 valence electrons. The van der Waals surface area contributed by atoms with Crippen molar-refractivity contribution in [1.82, 2.24) is 5.32 Å². The third kappa shape index (κ3) is 4.74. The molecule has 1 aromatic rings. The van der Waals surface area contributed by atoms with Crippen LogP contribution in [0, 0.1) is 5.82 Å². The fourth-order valence-electron chi connectivity index (χ4n) is 2.49. The van der Waals surface area contributed by atoms with Crippen molar-refractivity contribution in [3.8, 4) is 0 Å². The Morgan fingerprint density at radius 2 is 1.62 bits per heavy atom. The number of rotatable bonds is 10. The van der Waals surface area contributed by atoms with Gasteiger partial charge in [0.15, 0.2) is 0 Å². The van der Waals surface area contributed by atoms with Gasteiger partial charge in [-0.3, -0.25) is 0 Å². The molecule has 21 heavy (non-hydrogen) atoms. The molecule has 1 fully saturated rings. The molecule has 1 aliphatic heterocycles. The first-order valence-electron chi connectivity index (χ1n) is 7.38. The molecule has 0 radical (unpaired) electrons. The Morgan fingerprint density at radius 3 is 2.19 bits per heavy atom. The van der Waals surface area contributed by atoms with Crippen molar-refractivity contribution in [2.75, 3.05) is 53.2 Å². The summed E-state index contributed by atoms with van der Waals surface area (Å²) in [6, 6.07) is 6.81. The average Bonchev–Trinajstić information content (AvgIpc) is 2.45. The van der Waals surface area contributed by atoms with Gasteiger partial charge in [-0.25, -0.2) is 4.39 Å². The maximum Gasteiger partial charge on any atom is 0.123 e. The van der Waals surface area contributed by atoms with Gasteiger partial charge in [0.2, 0.25) is 0 Å². The second kappa shape index (κ2) is 8.44. The third-order valence-corrected chi connectivity index (χ3v) is 3.91. The number of ether oxygens (including phenoxy) is 3. The number of halogens is 1. The highest BCUT2D eigenvalue weighted by molar-refractivity contribution is 5.30. The standard InChI is InChI=1S/C16H24FNO3/c1-19-8-9-21-11-10-20-7-6-16(12-18-13-16)14-2-4-15(17)5-3-14/h2-5,18H,6-13H2,1H3. The summed E-state index contributed by atoms with van der Waals surface area (Å²) in [6.07, 6.45) is 0.934. The first-order valence-corrected chi connectivity index (χ1v) is 7.38. The summed E-state index contributed by atoms with van der Waals surface area (Å²) in [5.74, 6) is -0.189. The first-order chi connectivity index (χ1) is 10.3. The molecule has 0 atom stereocenters. The van der Waals surface area contributed by atoms with Gasteiger partial charge in [-0.15, -0.1) is 0 Å². The van der Waals surface area contributed by atoms with Crippen LogP contribution in [0.3, 0.4) is 0 Å². The van der Waals surface area contributed by atoms with E-state index in [9.17, 15) is 4.39 Å². The van der Waals surface area contributed by atoms with E-state index in [0.29, 0.717) is 33.0 Å². The molecule has 0 spiro atoms. The Hall–Kier alpha value is -1.01. The minimum absolute atomic E-state index is 0.0879. The zero-order chi connectivity index (χ0) is 15.0. The van der Waals surface area contributed by atoms with Crippen molar-refractivity contribution in [3.05, 3.63) is 35.6 Å². The van der Waals surface area contributed by atoms with Gasteiger partial charge in [0.05, 0.1) is 26.4 Å². The van der Waals surface area contributed by atoms with Gasteiger partial charge >= 0.3 is 0 Å². The monoisotopic (exact) mass is 297 g/mol. The molecule has 2 rings (SSSR count). The summed E-state index contributed by atoms with van der Waals surface area (Å²) in [5.41, 5.74) is 1.27. The Bertz CT molecular complexity index is 406. The molecule has 5 heteroatoms. The fourth-order valence-corrected chi connectivity index (χ4v) is 2.49. The SMILES string of the molecule is COCCOCCOCCC1(c2ccc(F)cc2)CNC1. The zero-order valence-corrected chi connectivity index (χ0v) is 12.6. The summed E-state index contributed by atoms with van der Waals surface area (Å²) in [5, 5.41) is 3.30. The van der Waals surface area contributed by atoms with E-state index >= 15 is 0 Å². The Kier molecular flexibility index (Phi) is 6.57. The molecule has 1 heterocycles. The lowest BCUT2D eigenvalue weighted by Crippen LogP contribution is -2.57. The lowest BCUT2D eigenvalue weighted by atomic mass is 9.73. The van der Waals surface area contributed by atoms with E-state index in [0.717, 1.165) is 19.5 Å². The molecule has 0 saturated carbocycles. The third-order valence-electron chi connectivity index (χ3n) is 3.91. The molecule has 1 aliphatic rings. The van der Waals surface area contributed by atoms with Crippen LogP contribution in [-0.2, 0) is 19.6 Å². The predicted octanol–water partition coefficient (Wildman–Crippen LogP) is 1.74. The number of hydrogen-bond donors (Lipinski definition) is 1. The van der Waals surface area contributed by atoms with Crippen molar-refractivity contribution in [1.29, 1.82) is 0 Å². The number of benzene rings is 1. The molecule has 0 aromatic heterocycles. The van der Waals surface area contributed by atoms with Gasteiger partial charge in [-0.2, -0.15) is 0 Å². The van der Waals surface area contributed by atoms with Crippen molar-refractivity contribution in [2.45, 2.75) is 11.8 Å². The van der Waals surface area contributed by atoms with Crippen LogP contribution in [0.25, 0.3) is 0 Å². The molecule has 0 bridgehead atoms. The van der Waals surface area contributed by atoms with Crippen molar-refractivity contribution < 1.29 is 18.6 Å². The topological polar surface area (TPSA) is 39.7 Å². The van der Waals surface area contributed by atoms with Gasteiger partial charge in [0.1, 0.15) is 5.82 Å². The van der Waals surface area contributed by atoms with E-state index in [1.807, 2.05) is 12.1 Å². The summed E-state index contributed by atoms with van der Waals surface area (Å²) in [4.78, 5) is 0. The summed E-state index contributed by atoms with van der Waals surface area (Å²) < 4.78 is 28.9. The molecule has 4 nitrogen and oxygen atoms in total. The zero-order valence-electron chi connectivity index (χ0n) is 12.6. The van der Waals surface area contributed by atoms with E-state index in [1.165, 1.54) is 17.7 Å². The van der Waals surface area contributed by atoms with Crippen molar-refractivity contribution in [2.24, 2.45) is 0 Å². The highest BCUT2D eigenvalue weighted by Crippen LogP contribution is 2.32. The first kappa shape index (κ1) is 16.4. The number of methoxy groups -OCH3 is 1. The molecule has 0 unspecified atom stereocenters. The van der Waals surface area contributed by atoms with E-state index in [-0.39, 0.29) is 11.2 Å². The Balaban J connectivity index is 1.67. The van der Waals surface area contributed by atoms with E-state index < -0.39 is 0 Å². The molecular weight excluding hydrogens is 273 g/mol. The smallest absolute Gasteiger partial charge is 0.123 e. The van der Waals surface area contributed by atoms with Crippen LogP contribution in [0.2, 0.25) is 0 Å². The molecule has 1 aromatic carbocycles. The minimum atomic E-state index is -0.189. The highest BCUT2D eigenvalue weighted by Gasteiger charge is 2.38. The number of nitrogens with one attached hydrogen (secondary N) is 1. The van der Waals surface area contributed by atoms with E-state index in [2.05, 4.69) is 5.32 Å². The van der Waals surface area contributed by atoms with Crippen LogP contribution < -0.4 is 5.32 Å². The van der Waals surface area contributed by atoms with Gasteiger partial charge in [0, 0.05) is 32.2 Å². The summed E-state index contributed by atoms with van der Waals surface area (Å²) >= 11 is 0. The summed E-state index contributed by atoms with van der Waals surface area (Å²) in [7, 11) is 1.65. The second-order valence-corrected chi connectivity index (χ2v) is 5.36. The van der Waals surface area contributed by atoms with E-state index in [4.69, 9.17) is 14.2 Å². The molecule has 0 amide bonds. The van der Waals surface area contributed by atoms with Gasteiger partial charge in [0.25, 0.3) is 0 Å². The van der Waals surface area contributed by atoms with Crippen LogP contribution in [0.4, 0.5) is 4.39 Å². The maximum absolute atomic E-state index is 13.0. The average molecular weight is 297 g/mol. The summed E-state index contributed by atoms with van der Waals surface area (Å²) in [6.45, 7) is 4.93. The van der Waals surface area contributed by atoms with Crippen LogP contribution in [-0.4, -0.2) is 53.2 Å². The van der Waals surface area contributed by atoms with Gasteiger partial charge in [-0.05, 0) is 24.1 Å². The largest absolute Gasteiger partial charge is 0.382 e. The van der Waals surface area contributed by atoms with Crippen LogP contribution in [0.15, 0.2) is 24.3 Å². The highest BCUT2D eigenvalue weighted by atomic mass is 19.1. The van der Waals surface area contributed by atoms with Gasteiger partial charge in [-0.1, -0.05) is 12.1 Å². The molecule has 0 aliphatic carbocycles. The lowest BCUT2D eigenvalue weighted by molar-refractivity contribution is 0.0182. The van der Waals surface area contributed by atoms with E-state index in [1.54, 1.807) is 7.11 Å². The van der Waals surface area contributed by atoms with Crippen molar-refractivity contribution >= 4 is 0 Å². The quantitative estimate of drug-likeness (QED) is 0.668. The van der Waals surface area contributed by atoms with Crippen LogP contribution in [0.1, 0.15) is 12.0 Å². The molecule has 1 N–H and O–H groups in total. The second-order valence-electron chi connectivity index (χ2n) is 5.36. The number of hydrogen-bond acceptors (Lipinski definition) is 4. The maximum atomic E-state index is 13.0.